The largest absolute Gasteiger partial charge is 0.447 e. The number of ether oxygens (including phenoxy) is 1. The molecule has 0 aromatic heterocycles. The van der Waals surface area contributed by atoms with Crippen LogP contribution in [0.4, 0.5) is 4.79 Å². The minimum Gasteiger partial charge on any atom is -0.447 e. The zero-order chi connectivity index (χ0) is 11.5. The van der Waals surface area contributed by atoms with Crippen LogP contribution in [-0.2, 0) is 9.53 Å². The van der Waals surface area contributed by atoms with Gasteiger partial charge in [0.25, 0.3) is 0 Å². The highest BCUT2D eigenvalue weighted by Crippen LogP contribution is 1.96. The van der Waals surface area contributed by atoms with Gasteiger partial charge in [0.2, 0.25) is 6.08 Å². The van der Waals surface area contributed by atoms with Crippen LogP contribution in [0.2, 0.25) is 0 Å². The van der Waals surface area contributed by atoms with Crippen molar-refractivity contribution in [3.05, 3.63) is 0 Å². The van der Waals surface area contributed by atoms with Crippen LogP contribution in [0.15, 0.2) is 4.99 Å². The summed E-state index contributed by atoms with van der Waals surface area (Å²) in [4.78, 5) is 24.2. The van der Waals surface area contributed by atoms with Gasteiger partial charge in [0.15, 0.2) is 0 Å². The number of unbranched alkanes of at least 4 members (excludes halogenated alkanes) is 1. The molecule has 0 fully saturated rings. The van der Waals surface area contributed by atoms with Crippen molar-refractivity contribution in [2.45, 2.75) is 39.2 Å². The van der Waals surface area contributed by atoms with Crippen molar-refractivity contribution in [2.24, 2.45) is 4.99 Å². The summed E-state index contributed by atoms with van der Waals surface area (Å²) in [6.07, 6.45) is 3.38. The molecular formula is C10H18N2O3. The molecule has 0 bridgehead atoms. The first kappa shape index (κ1) is 13.7. The zero-order valence-electron chi connectivity index (χ0n) is 9.28. The van der Waals surface area contributed by atoms with E-state index < -0.39 is 0 Å². The van der Waals surface area contributed by atoms with Crippen LogP contribution >= 0.6 is 0 Å². The van der Waals surface area contributed by atoms with Gasteiger partial charge >= 0.3 is 6.09 Å². The Labute approximate surface area is 89.9 Å². The summed E-state index contributed by atoms with van der Waals surface area (Å²) in [5.74, 6) is 0. The van der Waals surface area contributed by atoms with E-state index in [9.17, 15) is 9.59 Å². The van der Waals surface area contributed by atoms with Gasteiger partial charge in [0, 0.05) is 6.54 Å². The summed E-state index contributed by atoms with van der Waals surface area (Å²) in [7, 11) is 0. The van der Waals surface area contributed by atoms with E-state index in [0.29, 0.717) is 13.1 Å². The van der Waals surface area contributed by atoms with Crippen LogP contribution in [0.25, 0.3) is 0 Å². The number of alkyl carbamates (subject to hydrolysis) is 1. The van der Waals surface area contributed by atoms with E-state index in [1.807, 2.05) is 13.8 Å². The highest BCUT2D eigenvalue weighted by atomic mass is 16.6. The van der Waals surface area contributed by atoms with Crippen LogP contribution in [0, 0.1) is 0 Å². The van der Waals surface area contributed by atoms with Crippen molar-refractivity contribution >= 4 is 12.2 Å². The molecule has 0 aliphatic carbocycles. The Morgan fingerprint density at radius 2 is 2.27 bits per heavy atom. The fraction of sp³-hybridized carbons (Fsp3) is 0.800. The molecule has 1 amide bonds. The van der Waals surface area contributed by atoms with Crippen molar-refractivity contribution in [3.8, 4) is 0 Å². The molecular weight excluding hydrogens is 196 g/mol. The summed E-state index contributed by atoms with van der Waals surface area (Å²) in [6.45, 7) is 4.81. The topological polar surface area (TPSA) is 67.8 Å². The molecule has 0 saturated carbocycles. The number of hydrogen-bond acceptors (Lipinski definition) is 4. The van der Waals surface area contributed by atoms with Crippen LogP contribution in [0.5, 0.6) is 0 Å². The molecule has 5 heteroatoms. The lowest BCUT2D eigenvalue weighted by Crippen LogP contribution is -2.28. The average Bonchev–Trinajstić information content (AvgIpc) is 2.23. The maximum absolute atomic E-state index is 11.1. The first-order chi connectivity index (χ1) is 7.20. The van der Waals surface area contributed by atoms with Crippen LogP contribution in [-0.4, -0.2) is 31.4 Å². The Morgan fingerprint density at radius 3 is 2.87 bits per heavy atom. The van der Waals surface area contributed by atoms with E-state index >= 15 is 0 Å². The molecule has 1 atom stereocenters. The molecule has 0 aromatic rings. The number of carbonyl (C=O) groups is 1. The Morgan fingerprint density at radius 1 is 1.53 bits per heavy atom. The first-order valence-corrected chi connectivity index (χ1v) is 5.18. The number of nitrogens with zero attached hydrogens (tertiary/aromatic N) is 1. The normalized spacial score (nSPS) is 11.3. The molecule has 1 N–H and O–H groups in total. The summed E-state index contributed by atoms with van der Waals surface area (Å²) >= 11 is 0. The molecule has 0 heterocycles. The predicted molar refractivity (Wildman–Crippen MR) is 56.5 cm³/mol. The molecule has 0 spiro atoms. The summed E-state index contributed by atoms with van der Waals surface area (Å²) in [5, 5.41) is 2.62. The lowest BCUT2D eigenvalue weighted by molar-refractivity contribution is 0.105. The SMILES string of the molecule is CC[C@H](C)OC(=O)NCCCCN=C=O. The molecule has 0 aliphatic rings. The Balaban J connectivity index is 3.35. The van der Waals surface area contributed by atoms with E-state index in [4.69, 9.17) is 4.74 Å². The number of amides is 1. The second kappa shape index (κ2) is 9.21. The number of isocyanates is 1. The van der Waals surface area contributed by atoms with E-state index in [-0.39, 0.29) is 12.2 Å². The fourth-order valence-corrected chi connectivity index (χ4v) is 0.860. The van der Waals surface area contributed by atoms with Crippen molar-refractivity contribution in [1.29, 1.82) is 0 Å². The van der Waals surface area contributed by atoms with Gasteiger partial charge in [-0.25, -0.2) is 14.6 Å². The lowest BCUT2D eigenvalue weighted by Gasteiger charge is -2.11. The Bertz CT molecular complexity index is 225. The smallest absolute Gasteiger partial charge is 0.407 e. The van der Waals surface area contributed by atoms with Crippen molar-refractivity contribution in [1.82, 2.24) is 5.32 Å². The Hall–Kier alpha value is -1.35. The lowest BCUT2D eigenvalue weighted by atomic mass is 10.3. The van der Waals surface area contributed by atoms with Gasteiger partial charge in [-0.1, -0.05) is 6.92 Å². The van der Waals surface area contributed by atoms with E-state index in [0.717, 1.165) is 19.3 Å². The van der Waals surface area contributed by atoms with Gasteiger partial charge in [-0.05, 0) is 26.2 Å². The molecule has 0 aromatic carbocycles. The van der Waals surface area contributed by atoms with Crippen LogP contribution in [0.3, 0.4) is 0 Å². The quantitative estimate of drug-likeness (QED) is 0.398. The minimum absolute atomic E-state index is 0.0512. The standard InChI is InChI=1S/C10H18N2O3/c1-3-9(2)15-10(14)12-7-5-4-6-11-8-13/h9H,3-7H2,1-2H3,(H,12,14)/t9-/m0/s1. The van der Waals surface area contributed by atoms with Gasteiger partial charge in [-0.2, -0.15) is 0 Å². The second-order valence-corrected chi connectivity index (χ2v) is 3.23. The van der Waals surface area contributed by atoms with E-state index in [1.165, 1.54) is 6.08 Å². The maximum Gasteiger partial charge on any atom is 0.407 e. The van der Waals surface area contributed by atoms with Gasteiger partial charge in [-0.15, -0.1) is 0 Å². The van der Waals surface area contributed by atoms with Gasteiger partial charge in [0.1, 0.15) is 6.10 Å². The zero-order valence-corrected chi connectivity index (χ0v) is 9.28. The Kier molecular flexibility index (Phi) is 8.39. The second-order valence-electron chi connectivity index (χ2n) is 3.23. The molecule has 0 unspecified atom stereocenters. The van der Waals surface area contributed by atoms with Crippen molar-refractivity contribution < 1.29 is 14.3 Å². The minimum atomic E-state index is -0.386. The van der Waals surface area contributed by atoms with E-state index in [1.54, 1.807) is 0 Å². The van der Waals surface area contributed by atoms with Gasteiger partial charge in [0.05, 0.1) is 6.54 Å². The molecule has 0 saturated heterocycles. The van der Waals surface area contributed by atoms with Gasteiger partial charge < -0.3 is 10.1 Å². The number of rotatable bonds is 7. The number of aliphatic imine (C=N–C) groups is 1. The average molecular weight is 214 g/mol. The molecule has 0 radical (unpaired) electrons. The van der Waals surface area contributed by atoms with E-state index in [2.05, 4.69) is 10.3 Å². The molecule has 86 valence electrons. The first-order valence-electron chi connectivity index (χ1n) is 5.18. The summed E-state index contributed by atoms with van der Waals surface area (Å²) in [6, 6.07) is 0. The number of hydrogen-bond donors (Lipinski definition) is 1. The van der Waals surface area contributed by atoms with Crippen molar-refractivity contribution in [3.63, 3.8) is 0 Å². The summed E-state index contributed by atoms with van der Waals surface area (Å²) < 4.78 is 4.99. The monoisotopic (exact) mass is 214 g/mol. The highest BCUT2D eigenvalue weighted by Gasteiger charge is 2.05. The summed E-state index contributed by atoms with van der Waals surface area (Å²) in [5.41, 5.74) is 0. The van der Waals surface area contributed by atoms with Crippen LogP contribution in [0.1, 0.15) is 33.1 Å². The molecule has 15 heavy (non-hydrogen) atoms. The number of carbonyl (C=O) groups excluding carboxylic acids is 2. The van der Waals surface area contributed by atoms with Gasteiger partial charge in [-0.3, -0.25) is 0 Å². The predicted octanol–water partition coefficient (Wildman–Crippen LogP) is 1.63. The van der Waals surface area contributed by atoms with Crippen LogP contribution < -0.4 is 5.32 Å². The molecule has 0 rings (SSSR count). The highest BCUT2D eigenvalue weighted by molar-refractivity contribution is 5.67. The third-order valence-electron chi connectivity index (χ3n) is 1.91. The fourth-order valence-electron chi connectivity index (χ4n) is 0.860. The number of nitrogens with one attached hydrogen (secondary N) is 1. The maximum atomic E-state index is 11.1. The third kappa shape index (κ3) is 8.97. The molecule has 0 aliphatic heterocycles. The third-order valence-corrected chi connectivity index (χ3v) is 1.91. The molecule has 5 nitrogen and oxygen atoms in total. The van der Waals surface area contributed by atoms with Crippen molar-refractivity contribution in [2.75, 3.05) is 13.1 Å².